The monoisotopic (exact) mass is 478 g/mol. The number of benzene rings is 2. The first kappa shape index (κ1) is 23.4. The smallest absolute Gasteiger partial charge is 0.407 e. The molecule has 0 aromatic heterocycles. The fourth-order valence-electron chi connectivity index (χ4n) is 5.33. The molecule has 8 nitrogen and oxygen atoms in total. The van der Waals surface area contributed by atoms with Crippen molar-refractivity contribution in [2.24, 2.45) is 5.41 Å². The summed E-state index contributed by atoms with van der Waals surface area (Å²) in [5.74, 6) is -1.36. The number of nitrogens with zero attached hydrogens (tertiary/aromatic N) is 1. The van der Waals surface area contributed by atoms with E-state index < -0.39 is 17.5 Å². The number of hydrogen-bond donors (Lipinski definition) is 2. The van der Waals surface area contributed by atoms with Crippen LogP contribution < -0.4 is 5.32 Å². The molecule has 1 saturated heterocycles. The van der Waals surface area contributed by atoms with E-state index in [9.17, 15) is 19.5 Å². The van der Waals surface area contributed by atoms with Gasteiger partial charge < -0.3 is 24.8 Å². The molecule has 1 saturated carbocycles. The van der Waals surface area contributed by atoms with E-state index >= 15 is 0 Å². The van der Waals surface area contributed by atoms with Crippen molar-refractivity contribution in [1.29, 1.82) is 0 Å². The number of alkyl carbamates (subject to hydrolysis) is 1. The Hall–Kier alpha value is -3.39. The van der Waals surface area contributed by atoms with Crippen LogP contribution in [0.5, 0.6) is 0 Å². The van der Waals surface area contributed by atoms with Crippen LogP contribution in [0.1, 0.15) is 42.7 Å². The summed E-state index contributed by atoms with van der Waals surface area (Å²) in [6.07, 6.45) is 2.20. The Morgan fingerprint density at radius 3 is 2.29 bits per heavy atom. The van der Waals surface area contributed by atoms with Crippen LogP contribution in [0, 0.1) is 5.41 Å². The first-order chi connectivity index (χ1) is 17.0. The summed E-state index contributed by atoms with van der Waals surface area (Å²) >= 11 is 0. The van der Waals surface area contributed by atoms with E-state index in [0.29, 0.717) is 19.4 Å². The van der Waals surface area contributed by atoms with Gasteiger partial charge in [-0.15, -0.1) is 0 Å². The van der Waals surface area contributed by atoms with Gasteiger partial charge in [-0.3, -0.25) is 9.59 Å². The Balaban J connectivity index is 1.25. The van der Waals surface area contributed by atoms with Crippen molar-refractivity contribution in [2.45, 2.75) is 37.6 Å². The van der Waals surface area contributed by atoms with Gasteiger partial charge in [0.05, 0.1) is 12.0 Å². The molecule has 5 rings (SSSR count). The lowest BCUT2D eigenvalue weighted by atomic mass is 9.80. The highest BCUT2D eigenvalue weighted by Gasteiger charge is 2.47. The molecule has 8 heteroatoms. The highest BCUT2D eigenvalue weighted by atomic mass is 16.5. The average molecular weight is 479 g/mol. The molecular formula is C27H30N2O6. The molecule has 1 aliphatic heterocycles. The number of ether oxygens (including phenoxy) is 2. The van der Waals surface area contributed by atoms with Crippen molar-refractivity contribution in [3.05, 3.63) is 59.7 Å². The summed E-state index contributed by atoms with van der Waals surface area (Å²) in [6, 6.07) is 16.2. The standard InChI is InChI=1S/C27H30N2O6/c30-24(31)14-29(18-10-11-18)25(32)27(12-5-13-34-17-27)16-28-26(33)35-15-23-21-8-3-1-6-19(21)20-7-2-4-9-22(20)23/h1-4,6-9,18,23H,5,10-17H2,(H,28,33)(H,30,31). The van der Waals surface area contributed by atoms with E-state index in [1.807, 2.05) is 24.3 Å². The second-order valence-electron chi connectivity index (χ2n) is 9.67. The molecule has 0 radical (unpaired) electrons. The molecule has 2 fully saturated rings. The van der Waals surface area contributed by atoms with E-state index in [-0.39, 0.29) is 44.2 Å². The molecule has 2 aliphatic carbocycles. The number of fused-ring (bicyclic) bond motifs is 3. The summed E-state index contributed by atoms with van der Waals surface area (Å²) in [5.41, 5.74) is 3.58. The minimum atomic E-state index is -1.04. The topological polar surface area (TPSA) is 105 Å². The zero-order valence-electron chi connectivity index (χ0n) is 19.6. The molecule has 2 N–H and O–H groups in total. The van der Waals surface area contributed by atoms with E-state index in [1.54, 1.807) is 0 Å². The van der Waals surface area contributed by atoms with Crippen LogP contribution in [0.15, 0.2) is 48.5 Å². The predicted octanol–water partition coefficient (Wildman–Crippen LogP) is 3.40. The van der Waals surface area contributed by atoms with E-state index in [4.69, 9.17) is 9.47 Å². The van der Waals surface area contributed by atoms with Gasteiger partial charge >= 0.3 is 12.1 Å². The van der Waals surface area contributed by atoms with Crippen molar-refractivity contribution < 1.29 is 29.0 Å². The van der Waals surface area contributed by atoms with Crippen LogP contribution in [-0.4, -0.2) is 66.9 Å². The lowest BCUT2D eigenvalue weighted by molar-refractivity contribution is -0.156. The van der Waals surface area contributed by atoms with Gasteiger partial charge in [0.2, 0.25) is 5.91 Å². The molecule has 2 aromatic rings. The third-order valence-corrected chi connectivity index (χ3v) is 7.24. The maximum Gasteiger partial charge on any atom is 0.407 e. The molecular weight excluding hydrogens is 448 g/mol. The van der Waals surface area contributed by atoms with E-state index in [2.05, 4.69) is 29.6 Å². The number of hydrogen-bond acceptors (Lipinski definition) is 5. The van der Waals surface area contributed by atoms with Crippen molar-refractivity contribution in [3.63, 3.8) is 0 Å². The number of nitrogens with one attached hydrogen (secondary N) is 1. The molecule has 3 aliphatic rings. The van der Waals surface area contributed by atoms with Gasteiger partial charge in [-0.2, -0.15) is 0 Å². The van der Waals surface area contributed by atoms with E-state index in [1.165, 1.54) is 4.90 Å². The number of carbonyl (C=O) groups excluding carboxylic acids is 2. The number of carbonyl (C=O) groups is 3. The first-order valence-corrected chi connectivity index (χ1v) is 12.2. The molecule has 1 atom stereocenters. The van der Waals surface area contributed by atoms with Gasteiger partial charge in [-0.1, -0.05) is 48.5 Å². The molecule has 2 amide bonds. The number of aliphatic carboxylic acids is 1. The third kappa shape index (κ3) is 4.75. The zero-order chi connectivity index (χ0) is 24.4. The van der Waals surface area contributed by atoms with Gasteiger partial charge in [-0.05, 0) is 47.9 Å². The summed E-state index contributed by atoms with van der Waals surface area (Å²) in [6.45, 7) is 0.590. The normalized spacial score (nSPS) is 21.0. The Morgan fingerprint density at radius 2 is 1.71 bits per heavy atom. The summed E-state index contributed by atoms with van der Waals surface area (Å²) in [4.78, 5) is 39.0. The minimum absolute atomic E-state index is 0.0470. The molecule has 0 bridgehead atoms. The van der Waals surface area contributed by atoms with Crippen molar-refractivity contribution in [2.75, 3.05) is 32.9 Å². The van der Waals surface area contributed by atoms with Crippen molar-refractivity contribution in [1.82, 2.24) is 10.2 Å². The van der Waals surface area contributed by atoms with E-state index in [0.717, 1.165) is 35.1 Å². The Morgan fingerprint density at radius 1 is 1.06 bits per heavy atom. The van der Waals surface area contributed by atoms with Crippen LogP contribution in [0.4, 0.5) is 4.79 Å². The fourth-order valence-corrected chi connectivity index (χ4v) is 5.33. The van der Waals surface area contributed by atoms with Crippen molar-refractivity contribution in [3.8, 4) is 11.1 Å². The summed E-state index contributed by atoms with van der Waals surface area (Å²) in [7, 11) is 0. The molecule has 35 heavy (non-hydrogen) atoms. The average Bonchev–Trinajstić information content (AvgIpc) is 3.67. The minimum Gasteiger partial charge on any atom is -0.480 e. The number of carboxylic acid groups (broad SMARTS) is 1. The van der Waals surface area contributed by atoms with Crippen LogP contribution in [0.3, 0.4) is 0 Å². The molecule has 1 unspecified atom stereocenters. The largest absolute Gasteiger partial charge is 0.480 e. The highest BCUT2D eigenvalue weighted by Crippen LogP contribution is 2.44. The number of amides is 2. The first-order valence-electron chi connectivity index (χ1n) is 12.2. The highest BCUT2D eigenvalue weighted by molar-refractivity contribution is 5.87. The van der Waals surface area contributed by atoms with Crippen LogP contribution in [0.2, 0.25) is 0 Å². The van der Waals surface area contributed by atoms with Gasteiger partial charge in [0.15, 0.2) is 0 Å². The van der Waals surface area contributed by atoms with Gasteiger partial charge in [0, 0.05) is 25.1 Å². The molecule has 0 spiro atoms. The summed E-state index contributed by atoms with van der Waals surface area (Å²) < 4.78 is 11.3. The van der Waals surface area contributed by atoms with Crippen molar-refractivity contribution >= 4 is 18.0 Å². The molecule has 184 valence electrons. The van der Waals surface area contributed by atoms with Gasteiger partial charge in [-0.25, -0.2) is 4.79 Å². The SMILES string of the molecule is O=C(O)CN(C(=O)C1(CNC(=O)OCC2c3ccccc3-c3ccccc32)CCCOC1)C1CC1. The lowest BCUT2D eigenvalue weighted by Gasteiger charge is -2.39. The number of carboxylic acids is 1. The van der Waals surface area contributed by atoms with Crippen LogP contribution in [-0.2, 0) is 19.1 Å². The maximum atomic E-state index is 13.5. The van der Waals surface area contributed by atoms with Gasteiger partial charge in [0.25, 0.3) is 0 Å². The maximum absolute atomic E-state index is 13.5. The predicted molar refractivity (Wildman–Crippen MR) is 128 cm³/mol. The second-order valence-corrected chi connectivity index (χ2v) is 9.67. The fraction of sp³-hybridized carbons (Fsp3) is 0.444. The Labute approximate surface area is 204 Å². The third-order valence-electron chi connectivity index (χ3n) is 7.24. The second kappa shape index (κ2) is 9.70. The Kier molecular flexibility index (Phi) is 6.47. The molecule has 2 aromatic carbocycles. The number of rotatable bonds is 8. The summed E-state index contributed by atoms with van der Waals surface area (Å²) in [5, 5.41) is 12.1. The van der Waals surface area contributed by atoms with Crippen LogP contribution >= 0.6 is 0 Å². The zero-order valence-corrected chi connectivity index (χ0v) is 19.6. The lowest BCUT2D eigenvalue weighted by Crippen LogP contribution is -2.55. The molecule has 1 heterocycles. The Bertz CT molecular complexity index is 1080. The van der Waals surface area contributed by atoms with Crippen LogP contribution in [0.25, 0.3) is 11.1 Å². The van der Waals surface area contributed by atoms with Gasteiger partial charge in [0.1, 0.15) is 13.2 Å². The quantitative estimate of drug-likeness (QED) is 0.603.